The van der Waals surface area contributed by atoms with Gasteiger partial charge >= 0.3 is 6.09 Å². The first-order chi connectivity index (χ1) is 9.42. The molecule has 0 aliphatic carbocycles. The van der Waals surface area contributed by atoms with E-state index >= 15 is 0 Å². The summed E-state index contributed by atoms with van der Waals surface area (Å²) in [7, 11) is 0. The molecule has 20 heavy (non-hydrogen) atoms. The number of amides is 1. The van der Waals surface area contributed by atoms with Gasteiger partial charge in [-0.15, -0.1) is 0 Å². The second kappa shape index (κ2) is 6.04. The molecular weight excluding hydrogens is 278 g/mol. The lowest BCUT2D eigenvalue weighted by molar-refractivity contribution is 0.0522. The predicted octanol–water partition coefficient (Wildman–Crippen LogP) is 2.75. The number of ether oxygens (including phenoxy) is 1. The summed E-state index contributed by atoms with van der Waals surface area (Å²) in [6.07, 6.45) is 0.102. The van der Waals surface area contributed by atoms with E-state index in [9.17, 15) is 4.79 Å². The molecule has 0 saturated heterocycles. The Balaban J connectivity index is 1.82. The number of carbonyl (C=O) groups is 1. The largest absolute Gasteiger partial charge is 0.444 e. The number of hydrogen-bond donors (Lipinski definition) is 1. The van der Waals surface area contributed by atoms with Gasteiger partial charge in [0, 0.05) is 0 Å². The minimum Gasteiger partial charge on any atom is -0.444 e. The van der Waals surface area contributed by atoms with E-state index in [0.717, 1.165) is 5.56 Å². The lowest BCUT2D eigenvalue weighted by Gasteiger charge is -2.19. The van der Waals surface area contributed by atoms with Crippen LogP contribution in [-0.4, -0.2) is 21.8 Å². The van der Waals surface area contributed by atoms with E-state index in [4.69, 9.17) is 9.26 Å². The highest BCUT2D eigenvalue weighted by atomic mass is 32.1. The quantitative estimate of drug-likeness (QED) is 0.938. The summed E-state index contributed by atoms with van der Waals surface area (Å²) < 4.78 is 10.2. The molecule has 0 bridgehead atoms. The van der Waals surface area contributed by atoms with Crippen molar-refractivity contribution in [3.63, 3.8) is 0 Å². The van der Waals surface area contributed by atoms with Crippen LogP contribution in [0.25, 0.3) is 0 Å². The van der Waals surface area contributed by atoms with Crippen molar-refractivity contribution in [1.82, 2.24) is 15.5 Å². The number of nitrogens with zero attached hydrogens (tertiary/aromatic N) is 2. The first-order valence-electron chi connectivity index (χ1n) is 6.22. The summed E-state index contributed by atoms with van der Waals surface area (Å²) in [6, 6.07) is 2.01. The lowest BCUT2D eigenvalue weighted by Crippen LogP contribution is -2.32. The molecule has 2 rings (SSSR count). The number of alkyl carbamates (subject to hydrolysis) is 1. The van der Waals surface area contributed by atoms with Crippen LogP contribution in [0.4, 0.5) is 4.79 Å². The van der Waals surface area contributed by atoms with Crippen LogP contribution in [0, 0.1) is 0 Å². The third kappa shape index (κ3) is 4.65. The molecular formula is C13H17N3O3S. The molecule has 0 saturated carbocycles. The van der Waals surface area contributed by atoms with E-state index in [1.165, 1.54) is 0 Å². The van der Waals surface area contributed by atoms with Crippen LogP contribution < -0.4 is 5.32 Å². The Morgan fingerprint density at radius 3 is 2.95 bits per heavy atom. The van der Waals surface area contributed by atoms with E-state index in [1.54, 1.807) is 32.1 Å². The van der Waals surface area contributed by atoms with Gasteiger partial charge in [0.25, 0.3) is 0 Å². The van der Waals surface area contributed by atoms with E-state index in [-0.39, 0.29) is 6.54 Å². The van der Waals surface area contributed by atoms with Gasteiger partial charge in [-0.05, 0) is 43.2 Å². The fraction of sp³-hybridized carbons (Fsp3) is 0.462. The molecule has 2 aromatic heterocycles. The van der Waals surface area contributed by atoms with Crippen LogP contribution in [-0.2, 0) is 17.7 Å². The molecule has 108 valence electrons. The fourth-order valence-electron chi connectivity index (χ4n) is 1.47. The van der Waals surface area contributed by atoms with Crippen molar-refractivity contribution in [2.75, 3.05) is 0 Å². The van der Waals surface area contributed by atoms with Crippen molar-refractivity contribution in [2.45, 2.75) is 39.3 Å². The molecule has 1 amide bonds. The van der Waals surface area contributed by atoms with Crippen LogP contribution in [0.1, 0.15) is 38.0 Å². The Morgan fingerprint density at radius 2 is 2.30 bits per heavy atom. The van der Waals surface area contributed by atoms with E-state index < -0.39 is 11.7 Å². The van der Waals surface area contributed by atoms with Gasteiger partial charge in [0.2, 0.25) is 5.89 Å². The van der Waals surface area contributed by atoms with E-state index in [0.29, 0.717) is 18.1 Å². The minimum atomic E-state index is -0.522. The fourth-order valence-corrected chi connectivity index (χ4v) is 2.14. The van der Waals surface area contributed by atoms with Gasteiger partial charge in [-0.2, -0.15) is 16.3 Å². The topological polar surface area (TPSA) is 77.2 Å². The molecule has 0 aliphatic rings. The van der Waals surface area contributed by atoms with Crippen LogP contribution in [0.5, 0.6) is 0 Å². The highest BCUT2D eigenvalue weighted by Gasteiger charge is 2.16. The van der Waals surface area contributed by atoms with Crippen molar-refractivity contribution in [1.29, 1.82) is 0 Å². The molecule has 0 aliphatic heterocycles. The maximum atomic E-state index is 11.5. The molecule has 6 nitrogen and oxygen atoms in total. The normalized spacial score (nSPS) is 11.3. The third-order valence-electron chi connectivity index (χ3n) is 2.24. The van der Waals surface area contributed by atoms with Crippen molar-refractivity contribution >= 4 is 17.4 Å². The molecule has 2 aromatic rings. The second-order valence-corrected chi connectivity index (χ2v) is 6.05. The zero-order chi connectivity index (χ0) is 14.6. The van der Waals surface area contributed by atoms with Gasteiger partial charge < -0.3 is 14.6 Å². The third-order valence-corrected chi connectivity index (χ3v) is 2.97. The lowest BCUT2D eigenvalue weighted by atomic mass is 10.2. The van der Waals surface area contributed by atoms with Crippen molar-refractivity contribution in [2.24, 2.45) is 0 Å². The van der Waals surface area contributed by atoms with Gasteiger partial charge in [-0.3, -0.25) is 0 Å². The molecule has 1 N–H and O–H groups in total. The first kappa shape index (κ1) is 14.5. The van der Waals surface area contributed by atoms with Gasteiger partial charge in [0.15, 0.2) is 5.82 Å². The van der Waals surface area contributed by atoms with E-state index in [2.05, 4.69) is 15.5 Å². The highest BCUT2D eigenvalue weighted by molar-refractivity contribution is 7.07. The summed E-state index contributed by atoms with van der Waals surface area (Å²) >= 11 is 1.62. The van der Waals surface area contributed by atoms with Gasteiger partial charge in [-0.1, -0.05) is 5.16 Å². The summed E-state index contributed by atoms with van der Waals surface area (Å²) in [5, 5.41) is 10.4. The number of carbonyl (C=O) groups excluding carboxylic acids is 1. The summed E-state index contributed by atoms with van der Waals surface area (Å²) in [6.45, 7) is 5.60. The monoisotopic (exact) mass is 295 g/mol. The Hall–Kier alpha value is -1.89. The second-order valence-electron chi connectivity index (χ2n) is 5.27. The van der Waals surface area contributed by atoms with E-state index in [1.807, 2.05) is 16.8 Å². The van der Waals surface area contributed by atoms with Crippen LogP contribution in [0.2, 0.25) is 0 Å². The summed E-state index contributed by atoms with van der Waals surface area (Å²) in [5.41, 5.74) is 0.608. The van der Waals surface area contributed by atoms with Crippen LogP contribution >= 0.6 is 11.3 Å². The zero-order valence-corrected chi connectivity index (χ0v) is 12.5. The minimum absolute atomic E-state index is 0.183. The summed E-state index contributed by atoms with van der Waals surface area (Å²) in [4.78, 5) is 15.7. The Kier molecular flexibility index (Phi) is 4.39. The summed E-state index contributed by atoms with van der Waals surface area (Å²) in [5.74, 6) is 0.963. The average Bonchev–Trinajstić information content (AvgIpc) is 2.96. The van der Waals surface area contributed by atoms with Crippen molar-refractivity contribution in [3.8, 4) is 0 Å². The van der Waals surface area contributed by atoms with Crippen LogP contribution in [0.15, 0.2) is 21.3 Å². The van der Waals surface area contributed by atoms with Crippen molar-refractivity contribution < 1.29 is 14.1 Å². The Morgan fingerprint density at radius 1 is 1.50 bits per heavy atom. The maximum Gasteiger partial charge on any atom is 0.408 e. The SMILES string of the molecule is CC(C)(C)OC(=O)NCc1noc(Cc2ccsc2)n1. The first-order valence-corrected chi connectivity index (χ1v) is 7.16. The molecule has 7 heteroatoms. The molecule has 0 spiro atoms. The standard InChI is InChI=1S/C13H17N3O3S/c1-13(2,3)18-12(17)14-7-10-15-11(19-16-10)6-9-4-5-20-8-9/h4-5,8H,6-7H2,1-3H3,(H,14,17). The van der Waals surface area contributed by atoms with Crippen LogP contribution in [0.3, 0.4) is 0 Å². The number of rotatable bonds is 4. The molecule has 0 fully saturated rings. The molecule has 0 unspecified atom stereocenters. The maximum absolute atomic E-state index is 11.5. The predicted molar refractivity (Wildman–Crippen MR) is 74.5 cm³/mol. The number of aromatic nitrogens is 2. The van der Waals surface area contributed by atoms with Gasteiger partial charge in [0.1, 0.15) is 5.60 Å². The Bertz CT molecular complexity index is 558. The molecule has 0 aromatic carbocycles. The zero-order valence-electron chi connectivity index (χ0n) is 11.7. The molecule has 2 heterocycles. The highest BCUT2D eigenvalue weighted by Crippen LogP contribution is 2.11. The van der Waals surface area contributed by atoms with Gasteiger partial charge in [0.05, 0.1) is 13.0 Å². The smallest absolute Gasteiger partial charge is 0.408 e. The number of nitrogens with one attached hydrogen (secondary N) is 1. The van der Waals surface area contributed by atoms with Crippen molar-refractivity contribution in [3.05, 3.63) is 34.1 Å². The molecule has 0 radical (unpaired) electrons. The number of hydrogen-bond acceptors (Lipinski definition) is 6. The number of thiophene rings is 1. The van der Waals surface area contributed by atoms with Gasteiger partial charge in [-0.25, -0.2) is 4.79 Å². The average molecular weight is 295 g/mol. The molecule has 0 atom stereocenters. The Labute approximate surface area is 121 Å².